The number of rotatable bonds is 3. The summed E-state index contributed by atoms with van der Waals surface area (Å²) in [4.78, 5) is 35.6. The molecular weight excluding hydrogens is 248 g/mol. The molecule has 0 radical (unpaired) electrons. The van der Waals surface area contributed by atoms with Crippen molar-refractivity contribution in [2.75, 3.05) is 16.8 Å². The highest BCUT2D eigenvalue weighted by atomic mass is 16.4. The van der Waals surface area contributed by atoms with Gasteiger partial charge >= 0.3 is 5.97 Å². The maximum atomic E-state index is 12.0. The summed E-state index contributed by atoms with van der Waals surface area (Å²) in [5.41, 5.74) is 1.19. The van der Waals surface area contributed by atoms with Crippen molar-refractivity contribution in [3.63, 3.8) is 0 Å². The van der Waals surface area contributed by atoms with E-state index in [2.05, 4.69) is 5.32 Å². The summed E-state index contributed by atoms with van der Waals surface area (Å²) in [5, 5.41) is 11.3. The Morgan fingerprint density at radius 3 is 2.74 bits per heavy atom. The first-order valence-corrected chi connectivity index (χ1v) is 5.99. The summed E-state index contributed by atoms with van der Waals surface area (Å²) < 4.78 is 0. The summed E-state index contributed by atoms with van der Waals surface area (Å²) in [5.74, 6) is -1.45. The number of nitrogens with zero attached hydrogens (tertiary/aromatic N) is 1. The maximum Gasteiger partial charge on any atom is 0.303 e. The molecule has 1 heterocycles. The second-order valence-corrected chi connectivity index (χ2v) is 4.25. The lowest BCUT2D eigenvalue weighted by Gasteiger charge is -2.21. The van der Waals surface area contributed by atoms with Crippen molar-refractivity contribution in [1.29, 1.82) is 0 Å². The van der Waals surface area contributed by atoms with Crippen molar-refractivity contribution in [1.82, 2.24) is 0 Å². The van der Waals surface area contributed by atoms with Gasteiger partial charge in [0.1, 0.15) is 0 Å². The number of para-hydroxylation sites is 2. The van der Waals surface area contributed by atoms with E-state index in [-0.39, 0.29) is 37.6 Å². The van der Waals surface area contributed by atoms with Gasteiger partial charge in [0.2, 0.25) is 11.8 Å². The average Bonchev–Trinajstić information content (AvgIpc) is 2.54. The van der Waals surface area contributed by atoms with E-state index in [0.717, 1.165) is 0 Å². The number of carbonyl (C=O) groups is 3. The quantitative estimate of drug-likeness (QED) is 0.857. The lowest BCUT2D eigenvalue weighted by Crippen LogP contribution is -2.32. The fourth-order valence-electron chi connectivity index (χ4n) is 1.97. The fourth-order valence-corrected chi connectivity index (χ4v) is 1.97. The molecule has 0 bridgehead atoms. The Labute approximate surface area is 110 Å². The highest BCUT2D eigenvalue weighted by Crippen LogP contribution is 2.28. The van der Waals surface area contributed by atoms with Crippen LogP contribution in [0.1, 0.15) is 19.3 Å². The molecule has 0 unspecified atom stereocenters. The number of fused-ring (bicyclic) bond motifs is 1. The molecule has 2 amide bonds. The van der Waals surface area contributed by atoms with Gasteiger partial charge in [0.05, 0.1) is 17.8 Å². The first-order valence-electron chi connectivity index (χ1n) is 5.99. The molecule has 1 aromatic carbocycles. The Hall–Kier alpha value is -2.37. The minimum Gasteiger partial charge on any atom is -0.481 e. The predicted molar refractivity (Wildman–Crippen MR) is 68.9 cm³/mol. The molecule has 1 aromatic rings. The molecule has 1 aliphatic rings. The number of nitrogens with one attached hydrogen (secondary N) is 1. The van der Waals surface area contributed by atoms with Crippen molar-refractivity contribution in [3.05, 3.63) is 24.3 Å². The van der Waals surface area contributed by atoms with Crippen molar-refractivity contribution in [3.8, 4) is 0 Å². The van der Waals surface area contributed by atoms with Gasteiger partial charge in [0, 0.05) is 19.4 Å². The van der Waals surface area contributed by atoms with E-state index >= 15 is 0 Å². The molecule has 6 nitrogen and oxygen atoms in total. The topological polar surface area (TPSA) is 86.7 Å². The van der Waals surface area contributed by atoms with E-state index in [9.17, 15) is 14.4 Å². The Bertz CT molecular complexity index is 527. The van der Waals surface area contributed by atoms with Crippen LogP contribution in [0.3, 0.4) is 0 Å². The van der Waals surface area contributed by atoms with Gasteiger partial charge in [-0.25, -0.2) is 0 Å². The largest absolute Gasteiger partial charge is 0.481 e. The van der Waals surface area contributed by atoms with Crippen LogP contribution in [0, 0.1) is 0 Å². The monoisotopic (exact) mass is 262 g/mol. The third-order valence-electron chi connectivity index (χ3n) is 2.89. The first-order chi connectivity index (χ1) is 9.08. The van der Waals surface area contributed by atoms with Gasteiger partial charge in [0.15, 0.2) is 0 Å². The number of carbonyl (C=O) groups excluding carboxylic acids is 2. The lowest BCUT2D eigenvalue weighted by molar-refractivity contribution is -0.138. The molecule has 6 heteroatoms. The van der Waals surface area contributed by atoms with Gasteiger partial charge in [-0.1, -0.05) is 12.1 Å². The molecule has 1 aliphatic heterocycles. The van der Waals surface area contributed by atoms with Crippen LogP contribution >= 0.6 is 0 Å². The Balaban J connectivity index is 2.23. The number of benzene rings is 1. The summed E-state index contributed by atoms with van der Waals surface area (Å²) >= 11 is 0. The number of anilines is 2. The van der Waals surface area contributed by atoms with Crippen molar-refractivity contribution < 1.29 is 19.5 Å². The van der Waals surface area contributed by atoms with Gasteiger partial charge < -0.3 is 15.3 Å². The molecule has 0 aliphatic carbocycles. The minimum absolute atomic E-state index is 0.0716. The van der Waals surface area contributed by atoms with Crippen LogP contribution in [0.4, 0.5) is 11.4 Å². The lowest BCUT2D eigenvalue weighted by atomic mass is 10.2. The van der Waals surface area contributed by atoms with Gasteiger partial charge in [-0.15, -0.1) is 0 Å². The molecule has 2 N–H and O–H groups in total. The highest BCUT2D eigenvalue weighted by molar-refractivity contribution is 6.04. The van der Waals surface area contributed by atoms with Gasteiger partial charge in [0.25, 0.3) is 0 Å². The Morgan fingerprint density at radius 2 is 2.00 bits per heavy atom. The van der Waals surface area contributed by atoms with Crippen LogP contribution in [-0.2, 0) is 14.4 Å². The SMILES string of the molecule is O=C(O)CCC(=O)N1CCC(=O)Nc2ccccc21. The second kappa shape index (κ2) is 5.51. The molecule has 0 fully saturated rings. The molecule has 0 aromatic heterocycles. The van der Waals surface area contributed by atoms with E-state index < -0.39 is 5.97 Å². The van der Waals surface area contributed by atoms with Gasteiger partial charge in [-0.2, -0.15) is 0 Å². The molecular formula is C13H14N2O4. The average molecular weight is 262 g/mol. The number of aliphatic carboxylic acids is 1. The molecule has 0 saturated heterocycles. The second-order valence-electron chi connectivity index (χ2n) is 4.25. The third kappa shape index (κ3) is 3.09. The zero-order valence-corrected chi connectivity index (χ0v) is 10.3. The summed E-state index contributed by atoms with van der Waals surface area (Å²) in [6.07, 6.45) is -0.0791. The molecule has 0 spiro atoms. The zero-order valence-electron chi connectivity index (χ0n) is 10.3. The van der Waals surface area contributed by atoms with Crippen molar-refractivity contribution in [2.45, 2.75) is 19.3 Å². The molecule has 0 atom stereocenters. The normalized spacial score (nSPS) is 14.3. The van der Waals surface area contributed by atoms with Gasteiger partial charge in [-0.3, -0.25) is 14.4 Å². The van der Waals surface area contributed by atoms with Crippen LogP contribution in [0.2, 0.25) is 0 Å². The summed E-state index contributed by atoms with van der Waals surface area (Å²) in [7, 11) is 0. The fraction of sp³-hybridized carbons (Fsp3) is 0.308. The van der Waals surface area contributed by atoms with E-state index in [1.165, 1.54) is 4.90 Å². The van der Waals surface area contributed by atoms with Crippen LogP contribution in [0.15, 0.2) is 24.3 Å². The summed E-state index contributed by atoms with van der Waals surface area (Å²) in [6, 6.07) is 6.99. The predicted octanol–water partition coefficient (Wildman–Crippen LogP) is 1.23. The van der Waals surface area contributed by atoms with E-state index in [1.807, 2.05) is 0 Å². The Kier molecular flexibility index (Phi) is 3.79. The molecule has 100 valence electrons. The van der Waals surface area contributed by atoms with Gasteiger partial charge in [-0.05, 0) is 12.1 Å². The number of hydrogen-bond donors (Lipinski definition) is 2. The van der Waals surface area contributed by atoms with Crippen molar-refractivity contribution in [2.24, 2.45) is 0 Å². The van der Waals surface area contributed by atoms with E-state index in [4.69, 9.17) is 5.11 Å². The highest BCUT2D eigenvalue weighted by Gasteiger charge is 2.23. The third-order valence-corrected chi connectivity index (χ3v) is 2.89. The molecule has 19 heavy (non-hydrogen) atoms. The number of hydrogen-bond acceptors (Lipinski definition) is 3. The van der Waals surface area contributed by atoms with E-state index in [1.54, 1.807) is 24.3 Å². The Morgan fingerprint density at radius 1 is 1.26 bits per heavy atom. The number of carboxylic acids is 1. The van der Waals surface area contributed by atoms with Crippen LogP contribution in [0.25, 0.3) is 0 Å². The number of carboxylic acid groups (broad SMARTS) is 1. The zero-order chi connectivity index (χ0) is 13.8. The van der Waals surface area contributed by atoms with Crippen LogP contribution < -0.4 is 10.2 Å². The standard InChI is InChI=1S/C13H14N2O4/c16-11-7-8-15(12(17)5-6-13(18)19)10-4-2-1-3-9(10)14-11/h1-4H,5-8H2,(H,14,16)(H,18,19). The van der Waals surface area contributed by atoms with Crippen molar-refractivity contribution >= 4 is 29.2 Å². The maximum absolute atomic E-state index is 12.0. The molecule has 2 rings (SSSR count). The smallest absolute Gasteiger partial charge is 0.303 e. The first kappa shape index (κ1) is 13.1. The minimum atomic E-state index is -1.01. The van der Waals surface area contributed by atoms with Crippen LogP contribution in [-0.4, -0.2) is 29.4 Å². The number of amides is 2. The van der Waals surface area contributed by atoms with E-state index in [0.29, 0.717) is 11.4 Å². The molecule has 0 saturated carbocycles. The van der Waals surface area contributed by atoms with Crippen LogP contribution in [0.5, 0.6) is 0 Å². The summed E-state index contributed by atoms with van der Waals surface area (Å²) in [6.45, 7) is 0.265.